The Morgan fingerprint density at radius 2 is 2.12 bits per heavy atom. The Morgan fingerprint density at radius 1 is 1.29 bits per heavy atom. The van der Waals surface area contributed by atoms with E-state index in [-0.39, 0.29) is 17.0 Å². The number of furan rings is 1. The number of nitrogens with zero attached hydrogens (tertiary/aromatic N) is 2. The number of benzene rings is 1. The normalized spacial score (nSPS) is 13.5. The first-order valence-electron chi connectivity index (χ1n) is 7.59. The summed E-state index contributed by atoms with van der Waals surface area (Å²) in [6.07, 6.45) is 0.544. The molecular formula is C18H13N3O3. The molecule has 1 aromatic carbocycles. The topological polar surface area (TPSA) is 90.1 Å². The van der Waals surface area contributed by atoms with Crippen molar-refractivity contribution in [3.63, 3.8) is 0 Å². The zero-order valence-corrected chi connectivity index (χ0v) is 12.7. The van der Waals surface area contributed by atoms with Gasteiger partial charge in [-0.1, -0.05) is 18.2 Å². The molecule has 0 atom stereocenters. The smallest absolute Gasteiger partial charge is 0.289 e. The first kappa shape index (κ1) is 14.3. The fourth-order valence-electron chi connectivity index (χ4n) is 3.01. The number of aromatic nitrogens is 1. The number of aromatic amines is 1. The number of amides is 1. The van der Waals surface area contributed by atoms with Gasteiger partial charge in [0, 0.05) is 30.6 Å². The number of H-pyrrole nitrogens is 1. The molecular weight excluding hydrogens is 306 g/mol. The van der Waals surface area contributed by atoms with E-state index < -0.39 is 0 Å². The summed E-state index contributed by atoms with van der Waals surface area (Å²) in [4.78, 5) is 28.8. The second-order valence-corrected chi connectivity index (χ2v) is 5.75. The van der Waals surface area contributed by atoms with Crippen molar-refractivity contribution in [3.05, 3.63) is 69.3 Å². The van der Waals surface area contributed by atoms with Crippen LogP contribution in [0.1, 0.15) is 27.4 Å². The van der Waals surface area contributed by atoms with Crippen LogP contribution in [0, 0.1) is 11.3 Å². The molecule has 1 aliphatic heterocycles. The molecule has 2 aromatic heterocycles. The highest BCUT2D eigenvalue weighted by Crippen LogP contribution is 2.23. The second-order valence-electron chi connectivity index (χ2n) is 5.75. The largest absolute Gasteiger partial charge is 0.451 e. The lowest BCUT2D eigenvalue weighted by atomic mass is 10.0. The number of hydrogen-bond donors (Lipinski definition) is 1. The molecule has 0 spiro atoms. The summed E-state index contributed by atoms with van der Waals surface area (Å²) in [6, 6.07) is 12.6. The highest BCUT2D eigenvalue weighted by molar-refractivity contribution is 5.96. The summed E-state index contributed by atoms with van der Waals surface area (Å²) in [7, 11) is 0. The zero-order valence-electron chi connectivity index (χ0n) is 12.7. The lowest BCUT2D eigenvalue weighted by Crippen LogP contribution is -2.37. The Kier molecular flexibility index (Phi) is 3.21. The predicted octanol–water partition coefficient (Wildman–Crippen LogP) is 2.19. The molecule has 1 amide bonds. The number of nitrogens with one attached hydrogen (secondary N) is 1. The maximum absolute atomic E-state index is 12.7. The summed E-state index contributed by atoms with van der Waals surface area (Å²) in [5.74, 6) is 0.103. The SMILES string of the molecule is N#Cc1cc2c([nH]c1=O)CCN(C(=O)c1cc3ccccc3o1)C2. The van der Waals surface area contributed by atoms with E-state index in [1.165, 1.54) is 0 Å². The number of fused-ring (bicyclic) bond motifs is 2. The van der Waals surface area contributed by atoms with Gasteiger partial charge in [0.15, 0.2) is 5.76 Å². The van der Waals surface area contributed by atoms with Crippen LogP contribution in [0.4, 0.5) is 0 Å². The number of hydrogen-bond acceptors (Lipinski definition) is 4. The summed E-state index contributed by atoms with van der Waals surface area (Å²) in [6.45, 7) is 0.835. The van der Waals surface area contributed by atoms with E-state index in [1.807, 2.05) is 30.3 Å². The minimum absolute atomic E-state index is 0.0618. The highest BCUT2D eigenvalue weighted by atomic mass is 16.3. The fourth-order valence-corrected chi connectivity index (χ4v) is 3.01. The van der Waals surface area contributed by atoms with Crippen molar-refractivity contribution in [2.24, 2.45) is 0 Å². The summed E-state index contributed by atoms with van der Waals surface area (Å²) < 4.78 is 5.63. The Labute approximate surface area is 136 Å². The van der Waals surface area contributed by atoms with Crippen molar-refractivity contribution in [2.45, 2.75) is 13.0 Å². The van der Waals surface area contributed by atoms with E-state index in [2.05, 4.69) is 4.98 Å². The van der Waals surface area contributed by atoms with Crippen molar-refractivity contribution in [3.8, 4) is 6.07 Å². The molecule has 4 rings (SSSR count). The van der Waals surface area contributed by atoms with Crippen LogP contribution in [-0.2, 0) is 13.0 Å². The van der Waals surface area contributed by atoms with Gasteiger partial charge in [-0.05, 0) is 23.8 Å². The van der Waals surface area contributed by atoms with Gasteiger partial charge in [0.25, 0.3) is 11.5 Å². The number of pyridine rings is 1. The van der Waals surface area contributed by atoms with Gasteiger partial charge in [-0.2, -0.15) is 5.26 Å². The third-order valence-electron chi connectivity index (χ3n) is 4.25. The molecule has 6 nitrogen and oxygen atoms in total. The monoisotopic (exact) mass is 319 g/mol. The number of carbonyl (C=O) groups is 1. The third-order valence-corrected chi connectivity index (χ3v) is 4.25. The molecule has 1 aliphatic rings. The number of rotatable bonds is 1. The van der Waals surface area contributed by atoms with Crippen LogP contribution >= 0.6 is 0 Å². The molecule has 3 aromatic rings. The number of para-hydroxylation sites is 1. The molecule has 24 heavy (non-hydrogen) atoms. The van der Waals surface area contributed by atoms with Crippen molar-refractivity contribution in [1.29, 1.82) is 5.26 Å². The van der Waals surface area contributed by atoms with Crippen molar-refractivity contribution in [1.82, 2.24) is 9.88 Å². The van der Waals surface area contributed by atoms with E-state index in [4.69, 9.17) is 9.68 Å². The van der Waals surface area contributed by atoms with E-state index in [1.54, 1.807) is 17.0 Å². The Bertz CT molecular complexity index is 1020. The lowest BCUT2D eigenvalue weighted by molar-refractivity contribution is 0.0703. The Morgan fingerprint density at radius 3 is 2.92 bits per heavy atom. The number of nitriles is 1. The van der Waals surface area contributed by atoms with Gasteiger partial charge in [-0.15, -0.1) is 0 Å². The standard InChI is InChI=1S/C18H13N3O3/c19-9-12-7-13-10-21(6-5-14(13)20-17(12)22)18(23)16-8-11-3-1-2-4-15(11)24-16/h1-4,7-8H,5-6,10H2,(H,20,22). The lowest BCUT2D eigenvalue weighted by Gasteiger charge is -2.27. The van der Waals surface area contributed by atoms with Crippen molar-refractivity contribution >= 4 is 16.9 Å². The van der Waals surface area contributed by atoms with Gasteiger partial charge in [-0.3, -0.25) is 9.59 Å². The molecule has 6 heteroatoms. The molecule has 118 valence electrons. The van der Waals surface area contributed by atoms with E-state index >= 15 is 0 Å². The van der Waals surface area contributed by atoms with Crippen LogP contribution in [0.3, 0.4) is 0 Å². The van der Waals surface area contributed by atoms with Crippen LogP contribution in [0.5, 0.6) is 0 Å². The zero-order chi connectivity index (χ0) is 16.7. The highest BCUT2D eigenvalue weighted by Gasteiger charge is 2.25. The summed E-state index contributed by atoms with van der Waals surface area (Å²) in [5.41, 5.74) is 1.93. The van der Waals surface area contributed by atoms with Crippen LogP contribution < -0.4 is 5.56 Å². The number of carbonyl (C=O) groups excluding carboxylic acids is 1. The third kappa shape index (κ3) is 2.27. The van der Waals surface area contributed by atoms with Crippen molar-refractivity contribution < 1.29 is 9.21 Å². The van der Waals surface area contributed by atoms with Gasteiger partial charge >= 0.3 is 0 Å². The minimum Gasteiger partial charge on any atom is -0.451 e. The Balaban J connectivity index is 1.65. The van der Waals surface area contributed by atoms with Crippen LogP contribution in [0.15, 0.2) is 45.6 Å². The predicted molar refractivity (Wildman–Crippen MR) is 86.4 cm³/mol. The van der Waals surface area contributed by atoms with E-state index in [0.717, 1.165) is 16.6 Å². The molecule has 1 N–H and O–H groups in total. The molecule has 0 bridgehead atoms. The van der Waals surface area contributed by atoms with Gasteiger partial charge in [0.1, 0.15) is 17.2 Å². The molecule has 0 unspecified atom stereocenters. The molecule has 0 radical (unpaired) electrons. The van der Waals surface area contributed by atoms with Gasteiger partial charge in [0.05, 0.1) is 0 Å². The first-order valence-corrected chi connectivity index (χ1v) is 7.59. The van der Waals surface area contributed by atoms with Crippen LogP contribution in [-0.4, -0.2) is 22.3 Å². The van der Waals surface area contributed by atoms with Crippen molar-refractivity contribution in [2.75, 3.05) is 6.54 Å². The first-order chi connectivity index (χ1) is 11.7. The van der Waals surface area contributed by atoms with Gasteiger partial charge in [-0.25, -0.2) is 0 Å². The van der Waals surface area contributed by atoms with E-state index in [9.17, 15) is 9.59 Å². The molecule has 0 saturated carbocycles. The average molecular weight is 319 g/mol. The van der Waals surface area contributed by atoms with Gasteiger partial charge < -0.3 is 14.3 Å². The van der Waals surface area contributed by atoms with Crippen LogP contribution in [0.25, 0.3) is 11.0 Å². The Hall–Kier alpha value is -3.33. The van der Waals surface area contributed by atoms with Crippen LogP contribution in [0.2, 0.25) is 0 Å². The maximum atomic E-state index is 12.7. The van der Waals surface area contributed by atoms with E-state index in [0.29, 0.717) is 30.9 Å². The fraction of sp³-hybridized carbons (Fsp3) is 0.167. The summed E-state index contributed by atoms with van der Waals surface area (Å²) >= 11 is 0. The molecule has 0 saturated heterocycles. The maximum Gasteiger partial charge on any atom is 0.289 e. The minimum atomic E-state index is -0.381. The molecule has 0 fully saturated rings. The molecule has 3 heterocycles. The summed E-state index contributed by atoms with van der Waals surface area (Å²) in [5, 5.41) is 9.87. The quantitative estimate of drug-likeness (QED) is 0.744. The average Bonchev–Trinajstić information content (AvgIpc) is 3.04. The second kappa shape index (κ2) is 5.39. The molecule has 0 aliphatic carbocycles. The van der Waals surface area contributed by atoms with Gasteiger partial charge in [0.2, 0.25) is 0 Å².